The fourth-order valence-electron chi connectivity index (χ4n) is 4.43. The Bertz CT molecular complexity index is 437. The van der Waals surface area contributed by atoms with E-state index in [2.05, 4.69) is 19.2 Å². The number of nitrogens with zero attached hydrogens (tertiary/aromatic N) is 1. The summed E-state index contributed by atoms with van der Waals surface area (Å²) in [5, 5.41) is 12.9. The van der Waals surface area contributed by atoms with E-state index in [4.69, 9.17) is 0 Å². The number of nitrogens with one attached hydrogen (secondary N) is 1. The molecule has 5 atom stereocenters. The Labute approximate surface area is 166 Å². The van der Waals surface area contributed by atoms with Crippen LogP contribution < -0.4 is 5.32 Å². The SMILES string of the molecule is CCC[C@@H](C)N[C@@H](C)C(=O)N1[C@H](C(=O)O)CC[C@@H]2CCCC[C@@H]21.S.S. The molecule has 1 saturated carbocycles. The quantitative estimate of drug-likeness (QED) is 0.729. The zero-order valence-corrected chi connectivity index (χ0v) is 17.8. The first-order valence-corrected chi connectivity index (χ1v) is 9.26. The number of carbonyl (C=O) groups excluding carboxylic acids is 1. The topological polar surface area (TPSA) is 69.6 Å². The van der Waals surface area contributed by atoms with Crippen LogP contribution in [0.15, 0.2) is 0 Å². The van der Waals surface area contributed by atoms with Gasteiger partial charge in [0, 0.05) is 12.1 Å². The number of piperidine rings is 1. The van der Waals surface area contributed by atoms with Crippen molar-refractivity contribution in [2.24, 2.45) is 5.92 Å². The van der Waals surface area contributed by atoms with Gasteiger partial charge in [-0.1, -0.05) is 26.2 Å². The molecule has 148 valence electrons. The third-order valence-corrected chi connectivity index (χ3v) is 5.54. The van der Waals surface area contributed by atoms with Crippen LogP contribution in [-0.2, 0) is 9.59 Å². The highest BCUT2D eigenvalue weighted by molar-refractivity contribution is 7.59. The number of amides is 1. The summed E-state index contributed by atoms with van der Waals surface area (Å²) in [6.45, 7) is 6.09. The lowest BCUT2D eigenvalue weighted by molar-refractivity contribution is -0.159. The van der Waals surface area contributed by atoms with Gasteiger partial charge in [-0.3, -0.25) is 4.79 Å². The van der Waals surface area contributed by atoms with Crippen LogP contribution in [0.3, 0.4) is 0 Å². The molecule has 1 aliphatic heterocycles. The van der Waals surface area contributed by atoms with E-state index in [1.54, 1.807) is 4.90 Å². The fraction of sp³-hybridized carbons (Fsp3) is 0.889. The van der Waals surface area contributed by atoms with Gasteiger partial charge < -0.3 is 15.3 Å². The first kappa shape index (κ1) is 24.6. The first-order chi connectivity index (χ1) is 11.0. The molecule has 5 nitrogen and oxygen atoms in total. The van der Waals surface area contributed by atoms with Gasteiger partial charge >= 0.3 is 5.97 Å². The highest BCUT2D eigenvalue weighted by Crippen LogP contribution is 2.38. The smallest absolute Gasteiger partial charge is 0.326 e. The summed E-state index contributed by atoms with van der Waals surface area (Å²) in [7, 11) is 0. The maximum atomic E-state index is 13.0. The maximum absolute atomic E-state index is 13.0. The molecular formula is C18H36N2O3S2. The largest absolute Gasteiger partial charge is 0.480 e. The monoisotopic (exact) mass is 392 g/mol. The van der Waals surface area contributed by atoms with Gasteiger partial charge in [-0.25, -0.2) is 4.79 Å². The van der Waals surface area contributed by atoms with Crippen LogP contribution in [0.25, 0.3) is 0 Å². The normalized spacial score (nSPS) is 28.0. The zero-order valence-electron chi connectivity index (χ0n) is 15.8. The number of carboxylic acids is 1. The molecule has 0 radical (unpaired) electrons. The van der Waals surface area contributed by atoms with Crippen LogP contribution in [0.2, 0.25) is 0 Å². The Kier molecular flexibility index (Phi) is 11.2. The first-order valence-electron chi connectivity index (χ1n) is 9.26. The predicted molar refractivity (Wildman–Crippen MR) is 111 cm³/mol. The van der Waals surface area contributed by atoms with E-state index in [-0.39, 0.29) is 51.0 Å². The molecule has 2 fully saturated rings. The second-order valence-electron chi connectivity index (χ2n) is 7.37. The lowest BCUT2D eigenvalue weighted by atomic mass is 9.76. The minimum absolute atomic E-state index is 0. The van der Waals surface area contributed by atoms with E-state index in [0.29, 0.717) is 12.3 Å². The van der Waals surface area contributed by atoms with Crippen LogP contribution in [-0.4, -0.2) is 46.1 Å². The summed E-state index contributed by atoms with van der Waals surface area (Å²) in [6, 6.07) is -0.572. The van der Waals surface area contributed by atoms with Crippen molar-refractivity contribution in [1.82, 2.24) is 10.2 Å². The van der Waals surface area contributed by atoms with Crippen molar-refractivity contribution in [1.29, 1.82) is 0 Å². The summed E-state index contributed by atoms with van der Waals surface area (Å²) in [4.78, 5) is 26.4. The summed E-state index contributed by atoms with van der Waals surface area (Å²) in [6.07, 6.45) is 8.03. The zero-order chi connectivity index (χ0) is 17.0. The van der Waals surface area contributed by atoms with Gasteiger partial charge in [-0.2, -0.15) is 27.0 Å². The molecule has 0 aromatic rings. The van der Waals surface area contributed by atoms with Crippen molar-refractivity contribution >= 4 is 38.9 Å². The van der Waals surface area contributed by atoms with Crippen LogP contribution >= 0.6 is 27.0 Å². The molecule has 0 aromatic carbocycles. The average Bonchev–Trinajstić information content (AvgIpc) is 2.53. The minimum atomic E-state index is -0.851. The van der Waals surface area contributed by atoms with Gasteiger partial charge in [-0.15, -0.1) is 0 Å². The Morgan fingerprint density at radius 1 is 1.12 bits per heavy atom. The van der Waals surface area contributed by atoms with Gasteiger partial charge in [0.25, 0.3) is 0 Å². The van der Waals surface area contributed by atoms with Crippen molar-refractivity contribution in [3.05, 3.63) is 0 Å². The summed E-state index contributed by atoms with van der Waals surface area (Å²) in [5.74, 6) is -0.392. The second kappa shape index (κ2) is 11.3. The predicted octanol–water partition coefficient (Wildman–Crippen LogP) is 3.01. The minimum Gasteiger partial charge on any atom is -0.480 e. The number of hydrogen-bond donors (Lipinski definition) is 2. The number of carboxylic acid groups (broad SMARTS) is 1. The molecule has 1 amide bonds. The van der Waals surface area contributed by atoms with Gasteiger partial charge in [0.2, 0.25) is 5.91 Å². The second-order valence-corrected chi connectivity index (χ2v) is 7.37. The summed E-state index contributed by atoms with van der Waals surface area (Å²) in [5.41, 5.74) is 0. The van der Waals surface area contributed by atoms with E-state index in [1.807, 2.05) is 6.92 Å². The number of hydrogen-bond acceptors (Lipinski definition) is 3. The maximum Gasteiger partial charge on any atom is 0.326 e. The Morgan fingerprint density at radius 3 is 2.36 bits per heavy atom. The highest BCUT2D eigenvalue weighted by Gasteiger charge is 2.44. The number of fused-ring (bicyclic) bond motifs is 1. The molecule has 2 rings (SSSR count). The van der Waals surface area contributed by atoms with Crippen LogP contribution in [0.1, 0.15) is 72.1 Å². The van der Waals surface area contributed by atoms with Gasteiger partial charge in [0.15, 0.2) is 0 Å². The number of likely N-dealkylation sites (tertiary alicyclic amines) is 1. The lowest BCUT2D eigenvalue weighted by Gasteiger charge is -2.48. The molecular weight excluding hydrogens is 356 g/mol. The average molecular weight is 393 g/mol. The van der Waals surface area contributed by atoms with E-state index < -0.39 is 12.0 Å². The van der Waals surface area contributed by atoms with Crippen LogP contribution in [0.4, 0.5) is 0 Å². The number of rotatable bonds is 6. The number of carbonyl (C=O) groups is 2. The van der Waals surface area contributed by atoms with E-state index in [0.717, 1.165) is 38.5 Å². The molecule has 0 aromatic heterocycles. The van der Waals surface area contributed by atoms with Crippen LogP contribution in [0.5, 0.6) is 0 Å². The molecule has 0 bridgehead atoms. The van der Waals surface area contributed by atoms with Crippen molar-refractivity contribution < 1.29 is 14.7 Å². The Balaban J connectivity index is 0.00000288. The third-order valence-electron chi connectivity index (χ3n) is 5.54. The molecule has 2 N–H and O–H groups in total. The van der Waals surface area contributed by atoms with Gasteiger partial charge in [0.1, 0.15) is 6.04 Å². The van der Waals surface area contributed by atoms with E-state index in [9.17, 15) is 14.7 Å². The molecule has 0 spiro atoms. The standard InChI is InChI=1S/C18H32N2O3.2H2S/c1-4-7-12(2)19-13(3)17(21)20-15-9-6-5-8-14(15)10-11-16(20)18(22)23;;/h12-16,19H,4-11H2,1-3H3,(H,22,23);2*1H2/t12-,13+,14+,15+,16+;;/m1../s1. The highest BCUT2D eigenvalue weighted by atomic mass is 32.1. The van der Waals surface area contributed by atoms with Crippen molar-refractivity contribution in [2.75, 3.05) is 0 Å². The van der Waals surface area contributed by atoms with Crippen LogP contribution in [0, 0.1) is 5.92 Å². The summed E-state index contributed by atoms with van der Waals surface area (Å²) >= 11 is 0. The molecule has 1 heterocycles. The van der Waals surface area contributed by atoms with E-state index >= 15 is 0 Å². The molecule has 1 aliphatic carbocycles. The number of aliphatic carboxylic acids is 1. The van der Waals surface area contributed by atoms with Gasteiger partial charge in [0.05, 0.1) is 6.04 Å². The Morgan fingerprint density at radius 2 is 1.76 bits per heavy atom. The molecule has 2 aliphatic rings. The molecule has 1 saturated heterocycles. The van der Waals surface area contributed by atoms with Crippen molar-refractivity contribution in [3.63, 3.8) is 0 Å². The molecule has 0 unspecified atom stereocenters. The molecule has 25 heavy (non-hydrogen) atoms. The van der Waals surface area contributed by atoms with E-state index in [1.165, 1.54) is 6.42 Å². The third kappa shape index (κ3) is 6.07. The van der Waals surface area contributed by atoms with Crippen molar-refractivity contribution in [3.8, 4) is 0 Å². The Hall–Kier alpha value is -0.400. The summed E-state index contributed by atoms with van der Waals surface area (Å²) < 4.78 is 0. The van der Waals surface area contributed by atoms with Gasteiger partial charge in [-0.05, 0) is 51.9 Å². The molecule has 7 heteroatoms. The van der Waals surface area contributed by atoms with Crippen molar-refractivity contribution in [2.45, 2.75) is 96.3 Å². The fourth-order valence-corrected chi connectivity index (χ4v) is 4.43. The lowest BCUT2D eigenvalue weighted by Crippen LogP contribution is -2.61.